The van der Waals surface area contributed by atoms with Crippen LogP contribution < -0.4 is 21.3 Å². The molecule has 0 saturated heterocycles. The number of benzene rings is 6. The number of aromatic nitrogens is 2. The molecule has 42 heavy (non-hydrogen) atoms. The third-order valence-electron chi connectivity index (χ3n) is 8.42. The molecule has 0 atom stereocenters. The molecule has 6 aromatic carbocycles. The average Bonchev–Trinajstić information content (AvgIpc) is 3.45. The van der Waals surface area contributed by atoms with Crippen LogP contribution in [0.2, 0.25) is 0 Å². The molecule has 1 aromatic heterocycles. The van der Waals surface area contributed by atoms with Crippen molar-refractivity contribution >= 4 is 63.0 Å². The van der Waals surface area contributed by atoms with E-state index in [1.54, 1.807) is 0 Å². The largest absolute Gasteiger partial charge is 0.310 e. The Morgan fingerprint density at radius 1 is 0.571 bits per heavy atom. The van der Waals surface area contributed by atoms with E-state index in [-0.39, 0.29) is 6.71 Å². The Kier molecular flexibility index (Phi) is 5.22. The van der Waals surface area contributed by atoms with Gasteiger partial charge in [-0.25, -0.2) is 4.98 Å². The van der Waals surface area contributed by atoms with Crippen molar-refractivity contribution in [3.8, 4) is 17.1 Å². The molecule has 0 radical (unpaired) electrons. The van der Waals surface area contributed by atoms with Crippen molar-refractivity contribution in [3.05, 3.63) is 146 Å². The number of anilines is 3. The molecule has 0 saturated carbocycles. The molecule has 9 rings (SSSR count). The summed E-state index contributed by atoms with van der Waals surface area (Å²) in [6, 6.07) is 52.2. The van der Waals surface area contributed by atoms with Crippen molar-refractivity contribution in [2.75, 3.05) is 4.90 Å². The lowest BCUT2D eigenvalue weighted by atomic mass is 9.35. The predicted molar refractivity (Wildman–Crippen MR) is 176 cm³/mol. The molecule has 0 aliphatic carbocycles. The fourth-order valence-electron chi connectivity index (χ4n) is 6.70. The van der Waals surface area contributed by atoms with Gasteiger partial charge in [-0.15, -0.1) is 0 Å². The van der Waals surface area contributed by atoms with Gasteiger partial charge in [-0.05, 0) is 59.5 Å². The minimum absolute atomic E-state index is 0.153. The van der Waals surface area contributed by atoms with Crippen molar-refractivity contribution in [2.45, 2.75) is 9.79 Å². The lowest BCUT2D eigenvalue weighted by Gasteiger charge is -2.35. The van der Waals surface area contributed by atoms with E-state index in [2.05, 4.69) is 155 Å². The average molecular weight is 553 g/mol. The summed E-state index contributed by atoms with van der Waals surface area (Å²) in [5.41, 5.74) is 12.0. The highest BCUT2D eigenvalue weighted by molar-refractivity contribution is 8.00. The number of fused-ring (bicyclic) bond motifs is 4. The summed E-state index contributed by atoms with van der Waals surface area (Å²) in [4.78, 5) is 10.2. The Bertz CT molecular complexity index is 2080. The molecule has 2 aliphatic heterocycles. The molecule has 0 bridgehead atoms. The first-order valence-corrected chi connectivity index (χ1v) is 15.1. The van der Waals surface area contributed by atoms with Gasteiger partial charge in [0.25, 0.3) is 0 Å². The highest BCUT2D eigenvalue weighted by Gasteiger charge is 2.40. The SMILES string of the molecule is c1ccc(-c2nc3cccc4c3n2-c2cc(N(c3ccccc3)c3ccccc3)cc3c2B4c2ccccc2S3)cc1. The second kappa shape index (κ2) is 9.27. The molecule has 7 aromatic rings. The van der Waals surface area contributed by atoms with Gasteiger partial charge >= 0.3 is 0 Å². The van der Waals surface area contributed by atoms with E-state index in [0.29, 0.717) is 0 Å². The van der Waals surface area contributed by atoms with Gasteiger partial charge in [-0.3, -0.25) is 4.57 Å². The van der Waals surface area contributed by atoms with Crippen LogP contribution in [0, 0.1) is 0 Å². The Balaban J connectivity index is 1.40. The van der Waals surface area contributed by atoms with E-state index in [0.717, 1.165) is 34.0 Å². The van der Waals surface area contributed by atoms with Crippen molar-refractivity contribution < 1.29 is 0 Å². The minimum Gasteiger partial charge on any atom is -0.310 e. The van der Waals surface area contributed by atoms with Gasteiger partial charge in [0.15, 0.2) is 0 Å². The van der Waals surface area contributed by atoms with Crippen molar-refractivity contribution in [1.82, 2.24) is 9.55 Å². The van der Waals surface area contributed by atoms with Crippen LogP contribution in [0.25, 0.3) is 28.1 Å². The van der Waals surface area contributed by atoms with Crippen LogP contribution in [0.1, 0.15) is 0 Å². The third kappa shape index (κ3) is 3.47. The first kappa shape index (κ1) is 23.7. The van der Waals surface area contributed by atoms with Crippen LogP contribution in [0.15, 0.2) is 155 Å². The van der Waals surface area contributed by atoms with E-state index in [9.17, 15) is 0 Å². The molecule has 0 fully saturated rings. The second-order valence-electron chi connectivity index (χ2n) is 10.8. The topological polar surface area (TPSA) is 21.1 Å². The Hall–Kier alpha value is -5.00. The second-order valence-corrected chi connectivity index (χ2v) is 11.9. The number of para-hydroxylation sites is 3. The zero-order chi connectivity index (χ0) is 27.6. The van der Waals surface area contributed by atoms with Crippen LogP contribution in [0.3, 0.4) is 0 Å². The van der Waals surface area contributed by atoms with Gasteiger partial charge in [0.05, 0.1) is 11.0 Å². The first-order chi connectivity index (χ1) is 20.8. The van der Waals surface area contributed by atoms with Crippen LogP contribution >= 0.6 is 11.8 Å². The summed E-state index contributed by atoms with van der Waals surface area (Å²) in [6.07, 6.45) is 0. The number of imidazole rings is 1. The summed E-state index contributed by atoms with van der Waals surface area (Å²) < 4.78 is 2.42. The maximum atomic E-state index is 5.26. The fraction of sp³-hybridized carbons (Fsp3) is 0. The molecule has 0 spiro atoms. The summed E-state index contributed by atoms with van der Waals surface area (Å²) in [5.74, 6) is 0.977. The molecule has 0 amide bonds. The number of hydrogen-bond acceptors (Lipinski definition) is 3. The maximum Gasteiger partial charge on any atom is 0.249 e. The zero-order valence-electron chi connectivity index (χ0n) is 22.7. The van der Waals surface area contributed by atoms with Crippen LogP contribution in [-0.2, 0) is 0 Å². The van der Waals surface area contributed by atoms with Gasteiger partial charge in [0.1, 0.15) is 5.82 Å². The third-order valence-corrected chi connectivity index (χ3v) is 9.57. The summed E-state index contributed by atoms with van der Waals surface area (Å²) in [5, 5.41) is 0. The van der Waals surface area contributed by atoms with E-state index in [1.165, 1.54) is 37.4 Å². The fourth-order valence-corrected chi connectivity index (χ4v) is 7.90. The molecular weight excluding hydrogens is 529 g/mol. The number of nitrogens with zero attached hydrogens (tertiary/aromatic N) is 3. The molecule has 0 N–H and O–H groups in total. The highest BCUT2D eigenvalue weighted by Crippen LogP contribution is 2.42. The van der Waals surface area contributed by atoms with Gasteiger partial charge in [0, 0.05) is 38.1 Å². The predicted octanol–water partition coefficient (Wildman–Crippen LogP) is 7.46. The monoisotopic (exact) mass is 553 g/mol. The standard InChI is InChI=1S/C37H24BN3S/c1-4-13-25(14-5-1)37-39-31-21-12-20-30-36(31)41(37)32-23-28(24-34-35(32)38(30)29-19-10-11-22-33(29)42-34)40(26-15-6-2-7-16-26)27-17-8-3-9-18-27/h1-24H. The summed E-state index contributed by atoms with van der Waals surface area (Å²) in [6.45, 7) is 0.153. The van der Waals surface area contributed by atoms with E-state index in [1.807, 2.05) is 11.8 Å². The maximum absolute atomic E-state index is 5.26. The zero-order valence-corrected chi connectivity index (χ0v) is 23.5. The summed E-state index contributed by atoms with van der Waals surface area (Å²) in [7, 11) is 0. The van der Waals surface area contributed by atoms with Crippen molar-refractivity contribution in [3.63, 3.8) is 0 Å². The Labute approximate surface area is 249 Å². The van der Waals surface area contributed by atoms with Crippen LogP contribution in [-0.4, -0.2) is 16.3 Å². The Morgan fingerprint density at radius 3 is 1.95 bits per heavy atom. The minimum atomic E-state index is 0.153. The van der Waals surface area contributed by atoms with Gasteiger partial charge in [-0.2, -0.15) is 0 Å². The van der Waals surface area contributed by atoms with Gasteiger partial charge in [-0.1, -0.05) is 114 Å². The molecule has 3 heterocycles. The molecule has 3 nitrogen and oxygen atoms in total. The first-order valence-electron chi connectivity index (χ1n) is 14.3. The molecule has 0 unspecified atom stereocenters. The lowest BCUT2D eigenvalue weighted by molar-refractivity contribution is 1.09. The number of rotatable bonds is 4. The van der Waals surface area contributed by atoms with Gasteiger partial charge < -0.3 is 4.90 Å². The Morgan fingerprint density at radius 2 is 1.21 bits per heavy atom. The molecule has 5 heteroatoms. The molecular formula is C37H24BN3S. The quantitative estimate of drug-likeness (QED) is 0.211. The van der Waals surface area contributed by atoms with E-state index >= 15 is 0 Å². The van der Waals surface area contributed by atoms with E-state index in [4.69, 9.17) is 4.98 Å². The molecule has 196 valence electrons. The van der Waals surface area contributed by atoms with Crippen LogP contribution in [0.5, 0.6) is 0 Å². The van der Waals surface area contributed by atoms with Crippen molar-refractivity contribution in [2.24, 2.45) is 0 Å². The normalized spacial score (nSPS) is 12.6. The molecule has 2 aliphatic rings. The highest BCUT2D eigenvalue weighted by atomic mass is 32.2. The smallest absolute Gasteiger partial charge is 0.249 e. The number of hydrogen-bond donors (Lipinski definition) is 0. The van der Waals surface area contributed by atoms with E-state index < -0.39 is 0 Å². The van der Waals surface area contributed by atoms with Crippen molar-refractivity contribution in [1.29, 1.82) is 0 Å². The summed E-state index contributed by atoms with van der Waals surface area (Å²) >= 11 is 1.88. The van der Waals surface area contributed by atoms with Crippen LogP contribution in [0.4, 0.5) is 17.1 Å². The lowest BCUT2D eigenvalue weighted by Crippen LogP contribution is -2.58. The van der Waals surface area contributed by atoms with Gasteiger partial charge in [0.2, 0.25) is 6.71 Å².